The molecular weight excluding hydrogens is 431 g/mol. The normalized spacial score (nSPS) is 11.7. The molecule has 0 spiro atoms. The lowest BCUT2D eigenvalue weighted by atomic mass is 10.1. The van der Waals surface area contributed by atoms with Gasteiger partial charge in [-0.3, -0.25) is 4.79 Å². The van der Waals surface area contributed by atoms with Crippen LogP contribution in [0.5, 0.6) is 5.75 Å². The predicted molar refractivity (Wildman–Crippen MR) is 114 cm³/mol. The van der Waals surface area contributed by atoms with Gasteiger partial charge in [-0.05, 0) is 56.6 Å². The number of benzene rings is 2. The van der Waals surface area contributed by atoms with Gasteiger partial charge in [-0.15, -0.1) is 0 Å². The zero-order valence-corrected chi connectivity index (χ0v) is 19.0. The summed E-state index contributed by atoms with van der Waals surface area (Å²) in [5, 5.41) is 0.390. The van der Waals surface area contributed by atoms with Gasteiger partial charge in [0.05, 0.1) is 0 Å². The van der Waals surface area contributed by atoms with Crippen molar-refractivity contribution in [2.24, 2.45) is 5.92 Å². The summed E-state index contributed by atoms with van der Waals surface area (Å²) in [6.07, 6.45) is 0. The number of hydrogen-bond donors (Lipinski definition) is 0. The summed E-state index contributed by atoms with van der Waals surface area (Å²) in [5.74, 6) is -0.775. The SMILES string of the molecule is CC(C)C(=O)N(CCN(C)C)Cc1cc(Cl)ccc1OS(=O)(=O)c1ccc(F)cc1. The van der Waals surface area contributed by atoms with Crippen molar-refractivity contribution in [3.05, 3.63) is 58.9 Å². The van der Waals surface area contributed by atoms with E-state index in [1.165, 1.54) is 12.1 Å². The average molecular weight is 457 g/mol. The third-order valence-electron chi connectivity index (χ3n) is 4.31. The van der Waals surface area contributed by atoms with Gasteiger partial charge in [-0.1, -0.05) is 25.4 Å². The Balaban J connectivity index is 2.34. The fraction of sp³-hybridized carbons (Fsp3) is 0.381. The van der Waals surface area contributed by atoms with Crippen LogP contribution >= 0.6 is 11.6 Å². The summed E-state index contributed by atoms with van der Waals surface area (Å²) in [5.41, 5.74) is 0.459. The van der Waals surface area contributed by atoms with Gasteiger partial charge in [0, 0.05) is 36.1 Å². The van der Waals surface area contributed by atoms with Crippen LogP contribution in [0.3, 0.4) is 0 Å². The number of carbonyl (C=O) groups is 1. The summed E-state index contributed by atoms with van der Waals surface area (Å²) in [6, 6.07) is 8.88. The van der Waals surface area contributed by atoms with E-state index < -0.39 is 15.9 Å². The molecule has 0 aliphatic rings. The van der Waals surface area contributed by atoms with E-state index in [4.69, 9.17) is 15.8 Å². The van der Waals surface area contributed by atoms with Gasteiger partial charge in [0.2, 0.25) is 5.91 Å². The van der Waals surface area contributed by atoms with Gasteiger partial charge < -0.3 is 14.0 Å². The monoisotopic (exact) mass is 456 g/mol. The van der Waals surface area contributed by atoms with Crippen LogP contribution in [0.15, 0.2) is 47.4 Å². The van der Waals surface area contributed by atoms with Crippen LogP contribution in [0.25, 0.3) is 0 Å². The van der Waals surface area contributed by atoms with Crippen LogP contribution in [0.1, 0.15) is 19.4 Å². The maximum Gasteiger partial charge on any atom is 0.339 e. The Hall–Kier alpha value is -2.16. The van der Waals surface area contributed by atoms with Crippen molar-refractivity contribution in [1.82, 2.24) is 9.80 Å². The Bertz CT molecular complexity index is 979. The number of likely N-dealkylation sites (N-methyl/N-ethyl adjacent to an activating group) is 1. The minimum absolute atomic E-state index is 0.0649. The minimum Gasteiger partial charge on any atom is -0.379 e. The molecule has 9 heteroatoms. The topological polar surface area (TPSA) is 66.9 Å². The molecule has 0 radical (unpaired) electrons. The van der Waals surface area contributed by atoms with Crippen molar-refractivity contribution in [1.29, 1.82) is 0 Å². The van der Waals surface area contributed by atoms with Gasteiger partial charge in [-0.2, -0.15) is 8.42 Å². The Labute approximate surface area is 182 Å². The third-order valence-corrected chi connectivity index (χ3v) is 5.79. The molecule has 6 nitrogen and oxygen atoms in total. The summed E-state index contributed by atoms with van der Waals surface area (Å²) < 4.78 is 43.7. The van der Waals surface area contributed by atoms with Crippen molar-refractivity contribution >= 4 is 27.6 Å². The zero-order valence-electron chi connectivity index (χ0n) is 17.4. The third kappa shape index (κ3) is 6.68. The second-order valence-corrected chi connectivity index (χ2v) is 9.44. The maximum absolute atomic E-state index is 13.1. The first-order chi connectivity index (χ1) is 14.0. The van der Waals surface area contributed by atoms with E-state index in [9.17, 15) is 17.6 Å². The molecule has 0 saturated heterocycles. The molecule has 0 aliphatic heterocycles. The van der Waals surface area contributed by atoms with Gasteiger partial charge in [-0.25, -0.2) is 4.39 Å². The number of rotatable bonds is 9. The Kier molecular flexibility index (Phi) is 8.23. The number of amides is 1. The molecule has 0 atom stereocenters. The van der Waals surface area contributed by atoms with E-state index in [0.29, 0.717) is 23.7 Å². The van der Waals surface area contributed by atoms with E-state index in [0.717, 1.165) is 24.3 Å². The fourth-order valence-corrected chi connectivity index (χ4v) is 3.84. The first kappa shape index (κ1) is 24.1. The van der Waals surface area contributed by atoms with E-state index >= 15 is 0 Å². The highest BCUT2D eigenvalue weighted by Gasteiger charge is 2.23. The second-order valence-electron chi connectivity index (χ2n) is 7.46. The van der Waals surface area contributed by atoms with Crippen LogP contribution in [-0.2, 0) is 21.5 Å². The smallest absolute Gasteiger partial charge is 0.339 e. The highest BCUT2D eigenvalue weighted by atomic mass is 35.5. The number of nitrogens with zero attached hydrogens (tertiary/aromatic N) is 2. The van der Waals surface area contributed by atoms with Crippen LogP contribution in [0.2, 0.25) is 5.02 Å². The molecule has 0 bridgehead atoms. The Morgan fingerprint density at radius 2 is 1.73 bits per heavy atom. The van der Waals surface area contributed by atoms with Crippen LogP contribution in [-0.4, -0.2) is 51.3 Å². The summed E-state index contributed by atoms with van der Waals surface area (Å²) in [7, 11) is -0.377. The molecule has 2 aromatic rings. The molecule has 0 N–H and O–H groups in total. The fourth-order valence-electron chi connectivity index (χ4n) is 2.68. The number of carbonyl (C=O) groups excluding carboxylic acids is 1. The number of halogens is 2. The first-order valence-electron chi connectivity index (χ1n) is 9.41. The largest absolute Gasteiger partial charge is 0.379 e. The summed E-state index contributed by atoms with van der Waals surface area (Å²) in [6.45, 7) is 4.85. The quantitative estimate of drug-likeness (QED) is 0.537. The van der Waals surface area contributed by atoms with Crippen molar-refractivity contribution in [3.8, 4) is 5.75 Å². The van der Waals surface area contributed by atoms with Crippen LogP contribution < -0.4 is 4.18 Å². The standard InChI is InChI=1S/C21H26ClFN2O4S/c1-15(2)21(26)25(12-11-24(3)4)14-16-13-17(22)5-10-20(16)29-30(27,28)19-8-6-18(23)7-9-19/h5-10,13,15H,11-12,14H2,1-4H3. The molecule has 0 aliphatic carbocycles. The molecule has 1 amide bonds. The van der Waals surface area contributed by atoms with Crippen molar-refractivity contribution in [2.45, 2.75) is 25.3 Å². The molecule has 0 unspecified atom stereocenters. The highest BCUT2D eigenvalue weighted by Crippen LogP contribution is 2.28. The van der Waals surface area contributed by atoms with E-state index in [1.54, 1.807) is 24.8 Å². The van der Waals surface area contributed by atoms with E-state index in [2.05, 4.69) is 0 Å². The molecule has 0 heterocycles. The van der Waals surface area contributed by atoms with Crippen LogP contribution in [0.4, 0.5) is 4.39 Å². The molecule has 164 valence electrons. The Morgan fingerprint density at radius 1 is 1.10 bits per heavy atom. The molecule has 2 rings (SSSR count). The average Bonchev–Trinajstić information content (AvgIpc) is 2.66. The second kappa shape index (κ2) is 10.2. The number of hydrogen-bond acceptors (Lipinski definition) is 5. The predicted octanol–water partition coefficient (Wildman–Crippen LogP) is 3.79. The molecule has 0 saturated carbocycles. The van der Waals surface area contributed by atoms with E-state index in [-0.39, 0.29) is 29.0 Å². The highest BCUT2D eigenvalue weighted by molar-refractivity contribution is 7.87. The van der Waals surface area contributed by atoms with Crippen molar-refractivity contribution < 1.29 is 21.8 Å². The first-order valence-corrected chi connectivity index (χ1v) is 11.2. The van der Waals surface area contributed by atoms with Crippen molar-refractivity contribution in [3.63, 3.8) is 0 Å². The van der Waals surface area contributed by atoms with Gasteiger partial charge in [0.15, 0.2) is 0 Å². The van der Waals surface area contributed by atoms with Gasteiger partial charge >= 0.3 is 10.1 Å². The van der Waals surface area contributed by atoms with Crippen molar-refractivity contribution in [2.75, 3.05) is 27.2 Å². The lowest BCUT2D eigenvalue weighted by Crippen LogP contribution is -2.38. The maximum atomic E-state index is 13.1. The zero-order chi connectivity index (χ0) is 22.5. The van der Waals surface area contributed by atoms with Gasteiger partial charge in [0.25, 0.3) is 0 Å². The summed E-state index contributed by atoms with van der Waals surface area (Å²) in [4.78, 5) is 16.1. The van der Waals surface area contributed by atoms with Gasteiger partial charge in [0.1, 0.15) is 16.5 Å². The molecule has 2 aromatic carbocycles. The molecule has 0 fully saturated rings. The lowest BCUT2D eigenvalue weighted by Gasteiger charge is -2.27. The lowest BCUT2D eigenvalue weighted by molar-refractivity contribution is -0.135. The van der Waals surface area contributed by atoms with Crippen LogP contribution in [0, 0.1) is 11.7 Å². The van der Waals surface area contributed by atoms with E-state index in [1.807, 2.05) is 19.0 Å². The minimum atomic E-state index is -4.18. The molecule has 30 heavy (non-hydrogen) atoms. The molecule has 0 aromatic heterocycles. The summed E-state index contributed by atoms with van der Waals surface area (Å²) >= 11 is 6.12. The molecular formula is C21H26ClFN2O4S. The Morgan fingerprint density at radius 3 is 2.30 bits per heavy atom.